The van der Waals surface area contributed by atoms with Gasteiger partial charge in [0.25, 0.3) is 0 Å². The Morgan fingerprint density at radius 3 is 2.75 bits per heavy atom. The monoisotopic (exact) mass is 288 g/mol. The summed E-state index contributed by atoms with van der Waals surface area (Å²) in [6, 6.07) is 4.96. The third kappa shape index (κ3) is 2.96. The minimum absolute atomic E-state index is 0.240. The second-order valence-corrected chi connectivity index (χ2v) is 3.90. The lowest BCUT2D eigenvalue weighted by molar-refractivity contribution is -0.153. The van der Waals surface area contributed by atoms with Crippen LogP contribution in [0, 0.1) is 0 Å². The van der Waals surface area contributed by atoms with E-state index in [1.807, 2.05) is 0 Å². The highest BCUT2D eigenvalue weighted by Gasteiger charge is 2.21. The third-order valence-corrected chi connectivity index (χ3v) is 2.70. The molecular weight excluding hydrogens is 276 g/mol. The summed E-state index contributed by atoms with van der Waals surface area (Å²) in [6.07, 6.45) is -1.28. The summed E-state index contributed by atoms with van der Waals surface area (Å²) >= 11 is 3.26. The highest BCUT2D eigenvalue weighted by Crippen LogP contribution is 2.28. The van der Waals surface area contributed by atoms with Crippen LogP contribution in [0.25, 0.3) is 0 Å². The zero-order valence-corrected chi connectivity index (χ0v) is 10.7. The molecular formula is C11H13BrO4. The van der Waals surface area contributed by atoms with Crippen molar-refractivity contribution in [3.8, 4) is 5.75 Å². The van der Waals surface area contributed by atoms with Gasteiger partial charge in [-0.25, -0.2) is 4.79 Å². The Bertz CT molecular complexity index is 378. The summed E-state index contributed by atoms with van der Waals surface area (Å²) in [5.74, 6) is -0.0138. The number of aliphatic hydroxyl groups excluding tert-OH is 1. The number of hydrogen-bond donors (Lipinski definition) is 1. The van der Waals surface area contributed by atoms with Crippen molar-refractivity contribution >= 4 is 21.9 Å². The van der Waals surface area contributed by atoms with Gasteiger partial charge in [0, 0.05) is 10.0 Å². The summed E-state index contributed by atoms with van der Waals surface area (Å²) in [5.41, 5.74) is 0.458. The number of halogens is 1. The van der Waals surface area contributed by atoms with Crippen molar-refractivity contribution < 1.29 is 19.4 Å². The molecule has 1 rings (SSSR count). The van der Waals surface area contributed by atoms with Crippen LogP contribution in [0.2, 0.25) is 0 Å². The molecule has 0 aliphatic carbocycles. The third-order valence-electron chi connectivity index (χ3n) is 2.01. The summed E-state index contributed by atoms with van der Waals surface area (Å²) in [6.45, 7) is 1.93. The Morgan fingerprint density at radius 2 is 2.25 bits per heavy atom. The lowest BCUT2D eigenvalue weighted by Gasteiger charge is -2.12. The van der Waals surface area contributed by atoms with Crippen LogP contribution < -0.4 is 4.74 Å². The standard InChI is InChI=1S/C11H13BrO4/c1-3-16-11(14)10(13)8-5-4-7(15-2)6-9(8)12/h4-6,10,13H,3H2,1-2H3. The molecule has 0 amide bonds. The molecule has 0 bridgehead atoms. The molecule has 0 aromatic heterocycles. The van der Waals surface area contributed by atoms with Crippen LogP contribution in [0.1, 0.15) is 18.6 Å². The number of methoxy groups -OCH3 is 1. The van der Waals surface area contributed by atoms with Crippen molar-refractivity contribution in [1.82, 2.24) is 0 Å². The Balaban J connectivity index is 2.91. The van der Waals surface area contributed by atoms with Crippen LogP contribution in [0.3, 0.4) is 0 Å². The van der Waals surface area contributed by atoms with Crippen LogP contribution in [0.4, 0.5) is 0 Å². The number of rotatable bonds is 4. The number of ether oxygens (including phenoxy) is 2. The van der Waals surface area contributed by atoms with E-state index >= 15 is 0 Å². The molecule has 0 spiro atoms. The highest BCUT2D eigenvalue weighted by molar-refractivity contribution is 9.10. The maximum Gasteiger partial charge on any atom is 0.339 e. The normalized spacial score (nSPS) is 12.0. The number of aliphatic hydroxyl groups is 1. The molecule has 1 aromatic rings. The number of carbonyl (C=O) groups is 1. The second kappa shape index (κ2) is 5.86. The first-order valence-electron chi connectivity index (χ1n) is 4.78. The minimum Gasteiger partial charge on any atom is -0.497 e. The number of esters is 1. The fraction of sp³-hybridized carbons (Fsp3) is 0.364. The van der Waals surface area contributed by atoms with Crippen molar-refractivity contribution in [2.45, 2.75) is 13.0 Å². The van der Waals surface area contributed by atoms with Gasteiger partial charge in [-0.3, -0.25) is 0 Å². The topological polar surface area (TPSA) is 55.8 Å². The first-order valence-corrected chi connectivity index (χ1v) is 5.57. The van der Waals surface area contributed by atoms with E-state index in [1.165, 1.54) is 0 Å². The van der Waals surface area contributed by atoms with Gasteiger partial charge in [0.1, 0.15) is 5.75 Å². The molecule has 1 atom stereocenters. The molecule has 0 aliphatic heterocycles. The Hall–Kier alpha value is -1.07. The lowest BCUT2D eigenvalue weighted by Crippen LogP contribution is -2.15. The maximum atomic E-state index is 11.3. The fourth-order valence-electron chi connectivity index (χ4n) is 1.20. The number of carbonyl (C=O) groups excluding carboxylic acids is 1. The van der Waals surface area contributed by atoms with Gasteiger partial charge in [0.05, 0.1) is 13.7 Å². The molecule has 0 saturated carbocycles. The summed E-state index contributed by atoms with van der Waals surface area (Å²) in [5, 5.41) is 9.72. The molecule has 1 aromatic carbocycles. The lowest BCUT2D eigenvalue weighted by atomic mass is 10.1. The fourth-order valence-corrected chi connectivity index (χ4v) is 1.78. The zero-order chi connectivity index (χ0) is 12.1. The Morgan fingerprint density at radius 1 is 1.56 bits per heavy atom. The average Bonchev–Trinajstić information content (AvgIpc) is 2.28. The van der Waals surface area contributed by atoms with Crippen LogP contribution in [-0.2, 0) is 9.53 Å². The van der Waals surface area contributed by atoms with Crippen molar-refractivity contribution in [2.24, 2.45) is 0 Å². The second-order valence-electron chi connectivity index (χ2n) is 3.04. The highest BCUT2D eigenvalue weighted by atomic mass is 79.9. The minimum atomic E-state index is -1.28. The molecule has 4 nitrogen and oxygen atoms in total. The smallest absolute Gasteiger partial charge is 0.339 e. The average molecular weight is 289 g/mol. The molecule has 5 heteroatoms. The van der Waals surface area contributed by atoms with E-state index in [-0.39, 0.29) is 6.61 Å². The van der Waals surface area contributed by atoms with Gasteiger partial charge >= 0.3 is 5.97 Å². The number of benzene rings is 1. The van der Waals surface area contributed by atoms with Crippen LogP contribution >= 0.6 is 15.9 Å². The maximum absolute atomic E-state index is 11.3. The van der Waals surface area contributed by atoms with Gasteiger partial charge in [-0.15, -0.1) is 0 Å². The Kier molecular flexibility index (Phi) is 4.76. The van der Waals surface area contributed by atoms with Gasteiger partial charge in [-0.05, 0) is 19.1 Å². The van der Waals surface area contributed by atoms with Gasteiger partial charge in [-0.2, -0.15) is 0 Å². The quantitative estimate of drug-likeness (QED) is 0.862. The zero-order valence-electron chi connectivity index (χ0n) is 9.07. The van der Waals surface area contributed by atoms with Crippen LogP contribution in [0.15, 0.2) is 22.7 Å². The first kappa shape index (κ1) is 13.0. The van der Waals surface area contributed by atoms with Crippen LogP contribution in [0.5, 0.6) is 5.75 Å². The van der Waals surface area contributed by atoms with Crippen molar-refractivity contribution in [1.29, 1.82) is 0 Å². The SMILES string of the molecule is CCOC(=O)C(O)c1ccc(OC)cc1Br. The molecule has 0 aliphatic rings. The summed E-state index contributed by atoms with van der Waals surface area (Å²) < 4.78 is 10.3. The first-order chi connectivity index (χ1) is 7.60. The van der Waals surface area contributed by atoms with E-state index in [0.717, 1.165) is 0 Å². The molecule has 0 heterocycles. The molecule has 0 radical (unpaired) electrons. The molecule has 1 N–H and O–H groups in total. The molecule has 88 valence electrons. The van der Waals surface area contributed by atoms with E-state index in [0.29, 0.717) is 15.8 Å². The predicted octanol–water partition coefficient (Wildman–Crippen LogP) is 2.05. The van der Waals surface area contributed by atoms with Crippen molar-refractivity contribution in [3.63, 3.8) is 0 Å². The predicted molar refractivity (Wildman–Crippen MR) is 62.3 cm³/mol. The molecule has 0 saturated heterocycles. The molecule has 1 unspecified atom stereocenters. The van der Waals surface area contributed by atoms with Crippen molar-refractivity contribution in [2.75, 3.05) is 13.7 Å². The van der Waals surface area contributed by atoms with E-state index in [1.54, 1.807) is 32.2 Å². The van der Waals surface area contributed by atoms with Gasteiger partial charge < -0.3 is 14.6 Å². The van der Waals surface area contributed by atoms with Crippen molar-refractivity contribution in [3.05, 3.63) is 28.2 Å². The summed E-state index contributed by atoms with van der Waals surface area (Å²) in [4.78, 5) is 11.3. The largest absolute Gasteiger partial charge is 0.497 e. The van der Waals surface area contributed by atoms with E-state index < -0.39 is 12.1 Å². The van der Waals surface area contributed by atoms with Gasteiger partial charge in [0.15, 0.2) is 6.10 Å². The van der Waals surface area contributed by atoms with Crippen LogP contribution in [-0.4, -0.2) is 24.8 Å². The Labute approximate surface area is 102 Å². The van der Waals surface area contributed by atoms with E-state index in [4.69, 9.17) is 9.47 Å². The molecule has 16 heavy (non-hydrogen) atoms. The van der Waals surface area contributed by atoms with Gasteiger partial charge in [0.2, 0.25) is 0 Å². The van der Waals surface area contributed by atoms with E-state index in [2.05, 4.69) is 15.9 Å². The van der Waals surface area contributed by atoms with Gasteiger partial charge in [-0.1, -0.05) is 22.0 Å². The van der Waals surface area contributed by atoms with E-state index in [9.17, 15) is 9.90 Å². The molecule has 0 fully saturated rings. The summed E-state index contributed by atoms with van der Waals surface area (Å²) in [7, 11) is 1.54. The number of hydrogen-bond acceptors (Lipinski definition) is 4.